The number of benzene rings is 2. The van der Waals surface area contributed by atoms with E-state index < -0.39 is 5.79 Å². The molecule has 2 atom stereocenters. The van der Waals surface area contributed by atoms with Gasteiger partial charge in [0.05, 0.1) is 6.61 Å². The third kappa shape index (κ3) is 3.32. The van der Waals surface area contributed by atoms with Crippen LogP contribution < -0.4 is 0 Å². The first kappa shape index (κ1) is 17.7. The fraction of sp³-hybridized carbons (Fsp3) is 0.478. The van der Waals surface area contributed by atoms with Crippen molar-refractivity contribution >= 4 is 0 Å². The van der Waals surface area contributed by atoms with E-state index in [1.54, 1.807) is 0 Å². The Morgan fingerprint density at radius 1 is 0.962 bits per heavy atom. The zero-order valence-corrected chi connectivity index (χ0v) is 15.6. The molecule has 0 aliphatic carbocycles. The van der Waals surface area contributed by atoms with Crippen LogP contribution in [-0.4, -0.2) is 36.7 Å². The van der Waals surface area contributed by atoms with Gasteiger partial charge in [-0.1, -0.05) is 74.0 Å². The van der Waals surface area contributed by atoms with E-state index in [1.165, 1.54) is 32.2 Å². The molecule has 0 aromatic heterocycles. The van der Waals surface area contributed by atoms with Crippen LogP contribution in [0.2, 0.25) is 0 Å². The molecular formula is C23H29NO2. The molecule has 0 radical (unpaired) electrons. The summed E-state index contributed by atoms with van der Waals surface area (Å²) in [5.74, 6) is -0.789. The van der Waals surface area contributed by atoms with Crippen molar-refractivity contribution in [2.75, 3.05) is 19.7 Å². The highest BCUT2D eigenvalue weighted by molar-refractivity contribution is 5.34. The van der Waals surface area contributed by atoms with Crippen molar-refractivity contribution in [1.29, 1.82) is 0 Å². The number of hydrogen-bond acceptors (Lipinski definition) is 3. The van der Waals surface area contributed by atoms with Gasteiger partial charge >= 0.3 is 0 Å². The second kappa shape index (κ2) is 7.91. The lowest BCUT2D eigenvalue weighted by molar-refractivity contribution is -0.152. The van der Waals surface area contributed by atoms with Crippen LogP contribution in [0.4, 0.5) is 0 Å². The number of hydrogen-bond donors (Lipinski definition) is 0. The Bertz CT molecular complexity index is 646. The van der Waals surface area contributed by atoms with Crippen LogP contribution in [0.5, 0.6) is 0 Å². The van der Waals surface area contributed by atoms with Crippen molar-refractivity contribution in [2.24, 2.45) is 0 Å². The first-order valence-corrected chi connectivity index (χ1v) is 10.0. The van der Waals surface area contributed by atoms with Gasteiger partial charge in [-0.2, -0.15) is 0 Å². The van der Waals surface area contributed by atoms with E-state index in [4.69, 9.17) is 9.47 Å². The molecule has 138 valence electrons. The minimum atomic E-state index is -0.789. The quantitative estimate of drug-likeness (QED) is 0.788. The smallest absolute Gasteiger partial charge is 0.222 e. The highest BCUT2D eigenvalue weighted by atomic mass is 16.7. The molecule has 2 saturated heterocycles. The number of rotatable bonds is 5. The second-order valence-corrected chi connectivity index (χ2v) is 7.42. The zero-order valence-electron chi connectivity index (χ0n) is 15.6. The molecule has 2 aromatic carbocycles. The number of ether oxygens (including phenoxy) is 2. The van der Waals surface area contributed by atoms with Gasteiger partial charge in [0.2, 0.25) is 5.79 Å². The molecule has 4 rings (SSSR count). The van der Waals surface area contributed by atoms with Gasteiger partial charge in [0.1, 0.15) is 6.10 Å². The fourth-order valence-electron chi connectivity index (χ4n) is 4.46. The molecular weight excluding hydrogens is 322 g/mol. The molecule has 2 aromatic rings. The van der Waals surface area contributed by atoms with Crippen LogP contribution in [0.1, 0.15) is 43.7 Å². The van der Waals surface area contributed by atoms with E-state index in [2.05, 4.69) is 60.4 Å². The van der Waals surface area contributed by atoms with Gasteiger partial charge in [-0.3, -0.25) is 4.90 Å². The molecule has 3 nitrogen and oxygen atoms in total. The molecule has 0 bridgehead atoms. The summed E-state index contributed by atoms with van der Waals surface area (Å²) in [5.41, 5.74) is 2.15. The highest BCUT2D eigenvalue weighted by Crippen LogP contribution is 2.42. The standard InChI is InChI=1S/C23H29NO2/c1-2-16-24-17-10-9-15-21(24)22-18-25-23(26-22,19-11-5-3-6-12-19)20-13-7-4-8-14-20/h3-8,11-14,21-22H,2,9-10,15-18H2,1H3/t21?,22-/m0/s1. The molecule has 0 spiro atoms. The summed E-state index contributed by atoms with van der Waals surface area (Å²) in [4.78, 5) is 2.61. The lowest BCUT2D eigenvalue weighted by Gasteiger charge is -2.39. The van der Waals surface area contributed by atoms with Crippen LogP contribution in [-0.2, 0) is 15.3 Å². The van der Waals surface area contributed by atoms with Crippen LogP contribution in [0.15, 0.2) is 60.7 Å². The van der Waals surface area contributed by atoms with Gasteiger partial charge in [0, 0.05) is 17.2 Å². The van der Waals surface area contributed by atoms with E-state index in [0.29, 0.717) is 12.6 Å². The summed E-state index contributed by atoms with van der Waals surface area (Å²) in [5, 5.41) is 0. The van der Waals surface area contributed by atoms with Gasteiger partial charge in [-0.05, 0) is 32.4 Å². The zero-order chi connectivity index (χ0) is 17.8. The molecule has 2 fully saturated rings. The van der Waals surface area contributed by atoms with Crippen LogP contribution >= 0.6 is 0 Å². The average Bonchev–Trinajstić information content (AvgIpc) is 3.17. The Hall–Kier alpha value is -1.68. The molecule has 2 aliphatic heterocycles. The summed E-state index contributed by atoms with van der Waals surface area (Å²) in [6.45, 7) is 5.24. The third-order valence-electron chi connectivity index (χ3n) is 5.68. The summed E-state index contributed by atoms with van der Waals surface area (Å²) in [6, 6.07) is 21.2. The SMILES string of the molecule is CCCN1CCCCC1[C@@H]1COC(c2ccccc2)(c2ccccc2)O1. The van der Waals surface area contributed by atoms with E-state index in [0.717, 1.165) is 17.7 Å². The highest BCUT2D eigenvalue weighted by Gasteiger charge is 2.48. The van der Waals surface area contributed by atoms with E-state index in [-0.39, 0.29) is 6.10 Å². The van der Waals surface area contributed by atoms with Gasteiger partial charge in [0.25, 0.3) is 0 Å². The largest absolute Gasteiger partial charge is 0.339 e. The molecule has 1 unspecified atom stereocenters. The van der Waals surface area contributed by atoms with Crippen LogP contribution in [0.3, 0.4) is 0 Å². The van der Waals surface area contributed by atoms with Crippen molar-refractivity contribution in [3.63, 3.8) is 0 Å². The second-order valence-electron chi connectivity index (χ2n) is 7.42. The molecule has 0 saturated carbocycles. The monoisotopic (exact) mass is 351 g/mol. The van der Waals surface area contributed by atoms with Crippen molar-refractivity contribution < 1.29 is 9.47 Å². The minimum Gasteiger partial charge on any atom is -0.339 e. The lowest BCUT2D eigenvalue weighted by atomic mass is 9.96. The van der Waals surface area contributed by atoms with Crippen molar-refractivity contribution in [2.45, 2.75) is 50.5 Å². The summed E-state index contributed by atoms with van der Waals surface area (Å²) in [6.07, 6.45) is 5.09. The minimum absolute atomic E-state index is 0.113. The normalized spacial score (nSPS) is 26.0. The topological polar surface area (TPSA) is 21.7 Å². The maximum Gasteiger partial charge on any atom is 0.222 e. The fourth-order valence-corrected chi connectivity index (χ4v) is 4.46. The van der Waals surface area contributed by atoms with Gasteiger partial charge in [0.15, 0.2) is 0 Å². The first-order valence-electron chi connectivity index (χ1n) is 10.0. The maximum absolute atomic E-state index is 6.77. The Labute approximate surface area is 156 Å². The summed E-state index contributed by atoms with van der Waals surface area (Å²) in [7, 11) is 0. The summed E-state index contributed by atoms with van der Waals surface area (Å²) < 4.78 is 13.2. The summed E-state index contributed by atoms with van der Waals surface area (Å²) >= 11 is 0. The predicted octanol–water partition coefficient (Wildman–Crippen LogP) is 4.57. The molecule has 2 heterocycles. The predicted molar refractivity (Wildman–Crippen MR) is 104 cm³/mol. The van der Waals surface area contributed by atoms with E-state index in [9.17, 15) is 0 Å². The number of piperidine rings is 1. The van der Waals surface area contributed by atoms with Crippen molar-refractivity contribution in [3.8, 4) is 0 Å². The maximum atomic E-state index is 6.77. The van der Waals surface area contributed by atoms with Crippen molar-refractivity contribution in [3.05, 3.63) is 71.8 Å². The number of nitrogens with zero attached hydrogens (tertiary/aromatic N) is 1. The van der Waals surface area contributed by atoms with Gasteiger partial charge < -0.3 is 9.47 Å². The number of likely N-dealkylation sites (tertiary alicyclic amines) is 1. The first-order chi connectivity index (χ1) is 12.8. The molecule has 0 N–H and O–H groups in total. The van der Waals surface area contributed by atoms with Crippen LogP contribution in [0.25, 0.3) is 0 Å². The molecule has 2 aliphatic rings. The van der Waals surface area contributed by atoms with Gasteiger partial charge in [-0.15, -0.1) is 0 Å². The Kier molecular flexibility index (Phi) is 5.39. The van der Waals surface area contributed by atoms with E-state index in [1.807, 2.05) is 12.1 Å². The van der Waals surface area contributed by atoms with Gasteiger partial charge in [-0.25, -0.2) is 0 Å². The van der Waals surface area contributed by atoms with Crippen molar-refractivity contribution in [1.82, 2.24) is 4.90 Å². The average molecular weight is 351 g/mol. The lowest BCUT2D eigenvalue weighted by Crippen LogP contribution is -2.48. The van der Waals surface area contributed by atoms with E-state index >= 15 is 0 Å². The molecule has 26 heavy (non-hydrogen) atoms. The molecule has 3 heteroatoms. The van der Waals surface area contributed by atoms with Crippen LogP contribution in [0, 0.1) is 0 Å². The Morgan fingerprint density at radius 2 is 1.62 bits per heavy atom. The third-order valence-corrected chi connectivity index (χ3v) is 5.68. The Morgan fingerprint density at radius 3 is 2.23 bits per heavy atom. The Balaban J connectivity index is 1.65. The molecule has 0 amide bonds.